The van der Waals surface area contributed by atoms with Gasteiger partial charge in [-0.25, -0.2) is 4.98 Å². The van der Waals surface area contributed by atoms with Gasteiger partial charge in [-0.1, -0.05) is 0 Å². The second-order valence-corrected chi connectivity index (χ2v) is 4.02. The van der Waals surface area contributed by atoms with Gasteiger partial charge in [0.05, 0.1) is 32.2 Å². The van der Waals surface area contributed by atoms with Crippen LogP contribution < -0.4 is 10.8 Å². The number of anilines is 1. The lowest BCUT2D eigenvalue weighted by Gasteiger charge is -2.10. The van der Waals surface area contributed by atoms with Crippen LogP contribution in [-0.2, 0) is 6.54 Å². The van der Waals surface area contributed by atoms with E-state index in [1.54, 1.807) is 4.57 Å². The van der Waals surface area contributed by atoms with E-state index in [0.717, 1.165) is 0 Å². The highest BCUT2D eigenvalue weighted by molar-refractivity contribution is 5.72. The second kappa shape index (κ2) is 5.78. The largest absolute Gasteiger partial charge is 0.395 e. The van der Waals surface area contributed by atoms with Gasteiger partial charge in [-0.2, -0.15) is 4.98 Å². The van der Waals surface area contributed by atoms with Crippen molar-refractivity contribution in [1.82, 2.24) is 19.5 Å². The van der Waals surface area contributed by atoms with E-state index < -0.39 is 6.10 Å². The molecule has 104 valence electrons. The standard InChI is InChI=1S/C10H16N6O3/c11-8-7-9(15-10(14-7)12-1-2-17)16(5-13-8)3-6(19)4-18/h5-6,11,17-19H,1-4H2,(H2,12,14,15)/t6-/m1/s1. The number of hydrogen-bond donors (Lipinski definition) is 6. The topological polar surface area (TPSA) is 143 Å². The minimum Gasteiger partial charge on any atom is -0.395 e. The van der Waals surface area contributed by atoms with Crippen LogP contribution in [0.5, 0.6) is 0 Å². The number of fused-ring (bicyclic) bond motifs is 1. The molecule has 0 aliphatic heterocycles. The monoisotopic (exact) mass is 268 g/mol. The summed E-state index contributed by atoms with van der Waals surface area (Å²) in [6, 6.07) is 0. The Morgan fingerprint density at radius 1 is 1.47 bits per heavy atom. The van der Waals surface area contributed by atoms with Crippen molar-refractivity contribution < 1.29 is 15.3 Å². The fourth-order valence-corrected chi connectivity index (χ4v) is 1.66. The molecule has 0 aromatic carbocycles. The lowest BCUT2D eigenvalue weighted by Crippen LogP contribution is -2.22. The van der Waals surface area contributed by atoms with Crippen LogP contribution in [0, 0.1) is 5.41 Å². The first-order chi connectivity index (χ1) is 9.15. The molecule has 0 fully saturated rings. The Morgan fingerprint density at radius 3 is 2.95 bits per heavy atom. The molecule has 0 unspecified atom stereocenters. The molecule has 0 saturated carbocycles. The van der Waals surface area contributed by atoms with Crippen molar-refractivity contribution in [2.24, 2.45) is 0 Å². The van der Waals surface area contributed by atoms with E-state index in [4.69, 9.17) is 15.6 Å². The third-order valence-electron chi connectivity index (χ3n) is 2.54. The number of aromatic nitrogens is 4. The van der Waals surface area contributed by atoms with Gasteiger partial charge in [0, 0.05) is 6.54 Å². The van der Waals surface area contributed by atoms with E-state index in [-0.39, 0.29) is 25.2 Å². The zero-order valence-corrected chi connectivity index (χ0v) is 10.2. The molecule has 2 aromatic rings. The van der Waals surface area contributed by atoms with Crippen LogP contribution in [0.3, 0.4) is 0 Å². The Balaban J connectivity index is 2.39. The number of nitrogens with zero attached hydrogens (tertiary/aromatic N) is 3. The highest BCUT2D eigenvalue weighted by Crippen LogP contribution is 2.10. The van der Waals surface area contributed by atoms with Gasteiger partial charge >= 0.3 is 0 Å². The summed E-state index contributed by atoms with van der Waals surface area (Å²) in [4.78, 5) is 11.0. The van der Waals surface area contributed by atoms with Crippen molar-refractivity contribution in [2.45, 2.75) is 12.6 Å². The summed E-state index contributed by atoms with van der Waals surface area (Å²) in [7, 11) is 0. The van der Waals surface area contributed by atoms with E-state index in [9.17, 15) is 5.11 Å². The summed E-state index contributed by atoms with van der Waals surface area (Å²) in [6.07, 6.45) is 0.470. The van der Waals surface area contributed by atoms with Crippen molar-refractivity contribution in [2.75, 3.05) is 25.1 Å². The molecule has 2 aromatic heterocycles. The van der Waals surface area contributed by atoms with Crippen LogP contribution >= 0.6 is 0 Å². The molecule has 2 rings (SSSR count). The van der Waals surface area contributed by atoms with Crippen LogP contribution in [0.4, 0.5) is 5.95 Å². The predicted octanol–water partition coefficient (Wildman–Crippen LogP) is -2.00. The van der Waals surface area contributed by atoms with Gasteiger partial charge in [0.1, 0.15) is 5.52 Å². The summed E-state index contributed by atoms with van der Waals surface area (Å²) in [5.74, 6) is 0.415. The average Bonchev–Trinajstić information content (AvgIpc) is 2.84. The first-order valence-corrected chi connectivity index (χ1v) is 5.79. The van der Waals surface area contributed by atoms with Gasteiger partial charge in [0.2, 0.25) is 5.95 Å². The molecular formula is C10H16N6O3. The highest BCUT2D eigenvalue weighted by Gasteiger charge is 2.11. The van der Waals surface area contributed by atoms with Gasteiger partial charge < -0.3 is 30.2 Å². The maximum Gasteiger partial charge on any atom is 0.202 e. The van der Waals surface area contributed by atoms with Crippen LogP contribution in [0.25, 0.3) is 11.2 Å². The molecule has 0 radical (unpaired) electrons. The van der Waals surface area contributed by atoms with E-state index in [0.29, 0.717) is 23.7 Å². The molecule has 0 aliphatic rings. The van der Waals surface area contributed by atoms with E-state index in [1.165, 1.54) is 6.33 Å². The number of imidazole rings is 1. The van der Waals surface area contributed by atoms with E-state index >= 15 is 0 Å². The van der Waals surface area contributed by atoms with Crippen molar-refractivity contribution in [1.29, 1.82) is 5.41 Å². The molecule has 0 amide bonds. The second-order valence-electron chi connectivity index (χ2n) is 4.02. The summed E-state index contributed by atoms with van der Waals surface area (Å²) < 4.78 is 1.55. The van der Waals surface area contributed by atoms with Crippen LogP contribution in [-0.4, -0.2) is 60.7 Å². The SMILES string of the molecule is N=c1ncn(C[C@@H](O)CO)c2nc(NCCO)[nH]c12. The Bertz CT molecular complexity index is 607. The van der Waals surface area contributed by atoms with Crippen molar-refractivity contribution in [3.63, 3.8) is 0 Å². The minimum absolute atomic E-state index is 0.0355. The van der Waals surface area contributed by atoms with Gasteiger partial charge in [-0.3, -0.25) is 5.41 Å². The van der Waals surface area contributed by atoms with Crippen LogP contribution in [0.2, 0.25) is 0 Å². The van der Waals surface area contributed by atoms with Crippen molar-refractivity contribution >= 4 is 17.1 Å². The molecule has 9 nitrogen and oxygen atoms in total. The number of rotatable bonds is 6. The predicted molar refractivity (Wildman–Crippen MR) is 66.4 cm³/mol. The Morgan fingerprint density at radius 2 is 2.26 bits per heavy atom. The number of aliphatic hydroxyl groups is 3. The quantitative estimate of drug-likeness (QED) is 0.357. The fraction of sp³-hybridized carbons (Fsp3) is 0.500. The molecule has 9 heteroatoms. The normalized spacial score (nSPS) is 12.8. The maximum absolute atomic E-state index is 9.46. The van der Waals surface area contributed by atoms with Gasteiger partial charge in [0.15, 0.2) is 11.1 Å². The fourth-order valence-electron chi connectivity index (χ4n) is 1.66. The zero-order valence-electron chi connectivity index (χ0n) is 10.2. The van der Waals surface area contributed by atoms with Gasteiger partial charge in [0.25, 0.3) is 0 Å². The number of hydrogen-bond acceptors (Lipinski definition) is 7. The molecule has 0 aliphatic carbocycles. The van der Waals surface area contributed by atoms with E-state index in [2.05, 4.69) is 20.3 Å². The van der Waals surface area contributed by atoms with Crippen molar-refractivity contribution in [3.8, 4) is 0 Å². The van der Waals surface area contributed by atoms with Gasteiger partial charge in [-0.05, 0) is 0 Å². The molecule has 2 heterocycles. The van der Waals surface area contributed by atoms with E-state index in [1.807, 2.05) is 0 Å². The Hall–Kier alpha value is -1.97. The smallest absolute Gasteiger partial charge is 0.202 e. The zero-order chi connectivity index (χ0) is 13.8. The molecule has 0 saturated heterocycles. The number of H-pyrrole nitrogens is 1. The molecule has 19 heavy (non-hydrogen) atoms. The third-order valence-corrected chi connectivity index (χ3v) is 2.54. The summed E-state index contributed by atoms with van der Waals surface area (Å²) in [5.41, 5.74) is 0.912. The van der Waals surface area contributed by atoms with Gasteiger partial charge in [-0.15, -0.1) is 0 Å². The molecule has 0 bridgehead atoms. The molecule has 6 N–H and O–H groups in total. The summed E-state index contributed by atoms with van der Waals surface area (Å²) >= 11 is 0. The van der Waals surface area contributed by atoms with Crippen LogP contribution in [0.15, 0.2) is 6.33 Å². The minimum atomic E-state index is -0.919. The number of nitrogens with one attached hydrogen (secondary N) is 3. The lowest BCUT2D eigenvalue weighted by atomic mass is 10.3. The first kappa shape index (κ1) is 13.5. The first-order valence-electron chi connectivity index (χ1n) is 5.79. The molecule has 0 spiro atoms. The summed E-state index contributed by atoms with van der Waals surface area (Å²) in [6.45, 7) is 0.0633. The Kier molecular flexibility index (Phi) is 4.10. The highest BCUT2D eigenvalue weighted by atomic mass is 16.3. The number of aliphatic hydroxyl groups excluding tert-OH is 3. The third kappa shape index (κ3) is 2.89. The van der Waals surface area contributed by atoms with Crippen molar-refractivity contribution in [3.05, 3.63) is 11.8 Å². The maximum atomic E-state index is 9.46. The lowest BCUT2D eigenvalue weighted by molar-refractivity contribution is 0.0817. The molecular weight excluding hydrogens is 252 g/mol. The number of aromatic amines is 1. The summed E-state index contributed by atoms with van der Waals surface area (Å²) in [5, 5.41) is 37.6. The van der Waals surface area contributed by atoms with Crippen LogP contribution in [0.1, 0.15) is 0 Å². The average molecular weight is 268 g/mol. The molecule has 1 atom stereocenters. The Labute approximate surface area is 108 Å².